The third-order valence-electron chi connectivity index (χ3n) is 1.46. The second kappa shape index (κ2) is 9.77. The molecule has 0 saturated heterocycles. The fraction of sp³-hybridized carbons (Fsp3) is 0.308. The van der Waals surface area contributed by atoms with E-state index in [9.17, 15) is 0 Å². The third-order valence-corrected chi connectivity index (χ3v) is 1.46. The van der Waals surface area contributed by atoms with Crippen molar-refractivity contribution in [3.05, 3.63) is 42.9 Å². The van der Waals surface area contributed by atoms with Gasteiger partial charge in [0.2, 0.25) is 0 Å². The molecule has 0 aliphatic carbocycles. The van der Waals surface area contributed by atoms with Gasteiger partial charge in [-0.2, -0.15) is 0 Å². The van der Waals surface area contributed by atoms with Crippen molar-refractivity contribution in [2.75, 3.05) is 0 Å². The molecule has 0 aliphatic heterocycles. The zero-order chi connectivity index (χ0) is 12.2. The summed E-state index contributed by atoms with van der Waals surface area (Å²) in [5.74, 6) is 0.665. The van der Waals surface area contributed by atoms with Gasteiger partial charge in [0.1, 0.15) is 5.69 Å². The normalized spacial score (nSPS) is 8.00. The molecule has 2 rings (SSSR count). The number of nitrogens with zero attached hydrogens (tertiary/aromatic N) is 3. The molecule has 0 fully saturated rings. The average Bonchev–Trinajstić information content (AvgIpc) is 2.45. The first-order valence-corrected chi connectivity index (χ1v) is 5.65. The van der Waals surface area contributed by atoms with Crippen LogP contribution < -0.4 is 0 Å². The van der Waals surface area contributed by atoms with Crippen molar-refractivity contribution in [1.29, 1.82) is 0 Å². The predicted octanol–water partition coefficient (Wildman–Crippen LogP) is 3.59. The predicted molar refractivity (Wildman–Crippen MR) is 68.0 cm³/mol. The second-order valence-corrected chi connectivity index (χ2v) is 2.29. The molecule has 0 radical (unpaired) electrons. The van der Waals surface area contributed by atoms with Crippen LogP contribution in [0.5, 0.6) is 0 Å². The summed E-state index contributed by atoms with van der Waals surface area (Å²) in [4.78, 5) is 12.3. The van der Waals surface area contributed by atoms with Crippen LogP contribution in [0.25, 0.3) is 11.5 Å². The maximum Gasteiger partial charge on any atom is 0.178 e. The van der Waals surface area contributed by atoms with Gasteiger partial charge in [0.15, 0.2) is 5.82 Å². The van der Waals surface area contributed by atoms with Gasteiger partial charge in [-0.1, -0.05) is 33.8 Å². The molecule has 0 aliphatic rings. The molecular weight excluding hydrogens is 198 g/mol. The van der Waals surface area contributed by atoms with Crippen LogP contribution in [0.1, 0.15) is 27.7 Å². The molecule has 0 aromatic carbocycles. The van der Waals surface area contributed by atoms with Gasteiger partial charge in [-0.3, -0.25) is 4.98 Å². The molecule has 0 spiro atoms. The van der Waals surface area contributed by atoms with E-state index >= 15 is 0 Å². The van der Waals surface area contributed by atoms with Crippen LogP contribution in [0, 0.1) is 0 Å². The quantitative estimate of drug-likeness (QED) is 0.732. The topological polar surface area (TPSA) is 38.7 Å². The van der Waals surface area contributed by atoms with Crippen molar-refractivity contribution >= 4 is 0 Å². The lowest BCUT2D eigenvalue weighted by Crippen LogP contribution is -1.88. The largest absolute Gasteiger partial charge is 0.253 e. The molecule has 0 amide bonds. The summed E-state index contributed by atoms with van der Waals surface area (Å²) in [5.41, 5.74) is 0.804. The average molecular weight is 217 g/mol. The molecule has 2 aromatic rings. The molecule has 3 heteroatoms. The lowest BCUT2D eigenvalue weighted by molar-refractivity contribution is 1.14. The maximum absolute atomic E-state index is 4.12. The Hall–Kier alpha value is -1.77. The van der Waals surface area contributed by atoms with Crippen molar-refractivity contribution in [1.82, 2.24) is 15.0 Å². The minimum Gasteiger partial charge on any atom is -0.253 e. The SMILES string of the molecule is CC.CC.c1ccc(-c2ncccn2)nc1. The van der Waals surface area contributed by atoms with Gasteiger partial charge >= 0.3 is 0 Å². The van der Waals surface area contributed by atoms with Crippen molar-refractivity contribution < 1.29 is 0 Å². The van der Waals surface area contributed by atoms with Crippen LogP contribution >= 0.6 is 0 Å². The molecule has 0 bridgehead atoms. The molecule has 0 saturated carbocycles. The Morgan fingerprint density at radius 3 is 1.75 bits per heavy atom. The van der Waals surface area contributed by atoms with Gasteiger partial charge in [0.25, 0.3) is 0 Å². The van der Waals surface area contributed by atoms with Gasteiger partial charge in [-0.15, -0.1) is 0 Å². The molecule has 86 valence electrons. The van der Waals surface area contributed by atoms with E-state index in [4.69, 9.17) is 0 Å². The number of hydrogen-bond acceptors (Lipinski definition) is 3. The van der Waals surface area contributed by atoms with E-state index in [1.165, 1.54) is 0 Å². The summed E-state index contributed by atoms with van der Waals surface area (Å²) in [5, 5.41) is 0. The molecule has 2 heterocycles. The lowest BCUT2D eigenvalue weighted by Gasteiger charge is -1.95. The van der Waals surface area contributed by atoms with Gasteiger partial charge in [-0.25, -0.2) is 9.97 Å². The third kappa shape index (κ3) is 4.64. The number of aromatic nitrogens is 3. The van der Waals surface area contributed by atoms with Gasteiger partial charge in [0.05, 0.1) is 0 Å². The fourth-order valence-corrected chi connectivity index (χ4v) is 0.926. The molecule has 3 nitrogen and oxygen atoms in total. The van der Waals surface area contributed by atoms with Crippen LogP contribution in [0.2, 0.25) is 0 Å². The minimum absolute atomic E-state index is 0.665. The highest BCUT2D eigenvalue weighted by atomic mass is 14.9. The summed E-state index contributed by atoms with van der Waals surface area (Å²) < 4.78 is 0. The molecule has 0 unspecified atom stereocenters. The van der Waals surface area contributed by atoms with Gasteiger partial charge in [-0.05, 0) is 18.2 Å². The molecule has 0 N–H and O–H groups in total. The molecular formula is C13H19N3. The van der Waals surface area contributed by atoms with Gasteiger partial charge in [0, 0.05) is 18.6 Å². The van der Waals surface area contributed by atoms with E-state index in [-0.39, 0.29) is 0 Å². The number of pyridine rings is 1. The first-order valence-electron chi connectivity index (χ1n) is 5.65. The highest BCUT2D eigenvalue weighted by Gasteiger charge is 1.97. The Morgan fingerprint density at radius 1 is 0.688 bits per heavy atom. The Kier molecular flexibility index (Phi) is 8.69. The van der Waals surface area contributed by atoms with Crippen molar-refractivity contribution in [3.63, 3.8) is 0 Å². The smallest absolute Gasteiger partial charge is 0.178 e. The van der Waals surface area contributed by atoms with Crippen molar-refractivity contribution in [2.45, 2.75) is 27.7 Å². The minimum atomic E-state index is 0.665. The summed E-state index contributed by atoms with van der Waals surface area (Å²) in [6.07, 6.45) is 5.14. The van der Waals surface area contributed by atoms with Gasteiger partial charge < -0.3 is 0 Å². The summed E-state index contributed by atoms with van der Waals surface area (Å²) in [6.45, 7) is 8.00. The van der Waals surface area contributed by atoms with E-state index < -0.39 is 0 Å². The van der Waals surface area contributed by atoms with Crippen molar-refractivity contribution in [3.8, 4) is 11.5 Å². The Labute approximate surface area is 97.6 Å². The maximum atomic E-state index is 4.12. The summed E-state index contributed by atoms with van der Waals surface area (Å²) in [7, 11) is 0. The van der Waals surface area contributed by atoms with E-state index in [1.807, 2.05) is 45.9 Å². The van der Waals surface area contributed by atoms with E-state index in [1.54, 1.807) is 24.7 Å². The van der Waals surface area contributed by atoms with E-state index in [0.29, 0.717) is 5.82 Å². The summed E-state index contributed by atoms with van der Waals surface area (Å²) >= 11 is 0. The Morgan fingerprint density at radius 2 is 1.25 bits per heavy atom. The zero-order valence-corrected chi connectivity index (χ0v) is 10.4. The number of hydrogen-bond donors (Lipinski definition) is 0. The van der Waals surface area contributed by atoms with Crippen LogP contribution in [0.15, 0.2) is 42.9 Å². The van der Waals surface area contributed by atoms with Crippen LogP contribution in [-0.2, 0) is 0 Å². The highest BCUT2D eigenvalue weighted by molar-refractivity contribution is 5.47. The molecule has 2 aromatic heterocycles. The van der Waals surface area contributed by atoms with Crippen molar-refractivity contribution in [2.24, 2.45) is 0 Å². The highest BCUT2D eigenvalue weighted by Crippen LogP contribution is 2.07. The lowest BCUT2D eigenvalue weighted by atomic mass is 10.3. The van der Waals surface area contributed by atoms with Crippen LogP contribution in [0.4, 0.5) is 0 Å². The van der Waals surface area contributed by atoms with E-state index in [0.717, 1.165) is 5.69 Å². The van der Waals surface area contributed by atoms with Crippen LogP contribution in [-0.4, -0.2) is 15.0 Å². The molecule has 16 heavy (non-hydrogen) atoms. The standard InChI is InChI=1S/C9H7N3.2C2H6/c1-2-5-10-8(4-1)9-11-6-3-7-12-9;2*1-2/h1-7H;2*1-2H3. The van der Waals surface area contributed by atoms with E-state index in [2.05, 4.69) is 15.0 Å². The fourth-order valence-electron chi connectivity index (χ4n) is 0.926. The first-order chi connectivity index (χ1) is 7.97. The summed E-state index contributed by atoms with van der Waals surface area (Å²) in [6, 6.07) is 7.45. The second-order valence-electron chi connectivity index (χ2n) is 2.29. The Balaban J connectivity index is 0.000000509. The Bertz CT molecular complexity index is 309. The molecule has 0 atom stereocenters. The van der Waals surface area contributed by atoms with Crippen LogP contribution in [0.3, 0.4) is 0 Å². The first kappa shape index (κ1) is 14.2. The monoisotopic (exact) mass is 217 g/mol. The zero-order valence-electron chi connectivity index (χ0n) is 10.4. The number of rotatable bonds is 1.